The summed E-state index contributed by atoms with van der Waals surface area (Å²) in [5.41, 5.74) is 1.39. The standard InChI is InChI=1S/C15H24BrN/c1-4-6-12(3)11-17-15(5-2)13-7-9-14(16)10-8-13/h7-10,12,15,17H,4-6,11H2,1-3H3. The average molecular weight is 298 g/mol. The molecule has 1 aromatic rings. The first kappa shape index (κ1) is 14.7. The summed E-state index contributed by atoms with van der Waals surface area (Å²) in [6, 6.07) is 9.14. The zero-order chi connectivity index (χ0) is 12.7. The molecule has 0 amide bonds. The summed E-state index contributed by atoms with van der Waals surface area (Å²) in [5.74, 6) is 0.768. The van der Waals surface area contributed by atoms with Gasteiger partial charge in [0.1, 0.15) is 0 Å². The number of rotatable bonds is 7. The Morgan fingerprint density at radius 1 is 1.18 bits per heavy atom. The molecular weight excluding hydrogens is 274 g/mol. The minimum atomic E-state index is 0.488. The van der Waals surface area contributed by atoms with Crippen molar-refractivity contribution in [2.45, 2.75) is 46.1 Å². The Kier molecular flexibility index (Phi) is 6.83. The Morgan fingerprint density at radius 3 is 2.35 bits per heavy atom. The van der Waals surface area contributed by atoms with Gasteiger partial charge in [0.2, 0.25) is 0 Å². The minimum Gasteiger partial charge on any atom is -0.310 e. The predicted molar refractivity (Wildman–Crippen MR) is 79.2 cm³/mol. The van der Waals surface area contributed by atoms with Gasteiger partial charge in [0.05, 0.1) is 0 Å². The molecule has 1 nitrogen and oxygen atoms in total. The third kappa shape index (κ3) is 5.22. The van der Waals surface area contributed by atoms with Crippen LogP contribution in [0.25, 0.3) is 0 Å². The quantitative estimate of drug-likeness (QED) is 0.753. The molecule has 2 unspecified atom stereocenters. The van der Waals surface area contributed by atoms with Crippen LogP contribution in [-0.2, 0) is 0 Å². The van der Waals surface area contributed by atoms with Gasteiger partial charge in [-0.05, 0) is 43.0 Å². The van der Waals surface area contributed by atoms with E-state index in [1.165, 1.54) is 18.4 Å². The van der Waals surface area contributed by atoms with Crippen molar-refractivity contribution < 1.29 is 0 Å². The fraction of sp³-hybridized carbons (Fsp3) is 0.600. The van der Waals surface area contributed by atoms with Crippen LogP contribution < -0.4 is 5.32 Å². The second-order valence-corrected chi connectivity index (χ2v) is 5.73. The molecule has 0 spiro atoms. The monoisotopic (exact) mass is 297 g/mol. The van der Waals surface area contributed by atoms with Gasteiger partial charge in [-0.25, -0.2) is 0 Å². The van der Waals surface area contributed by atoms with Crippen LogP contribution in [0.2, 0.25) is 0 Å². The van der Waals surface area contributed by atoms with Gasteiger partial charge in [-0.15, -0.1) is 0 Å². The van der Waals surface area contributed by atoms with Crippen LogP contribution >= 0.6 is 15.9 Å². The van der Waals surface area contributed by atoms with E-state index < -0.39 is 0 Å². The van der Waals surface area contributed by atoms with Crippen LogP contribution in [0.5, 0.6) is 0 Å². The maximum atomic E-state index is 3.67. The normalized spacial score (nSPS) is 14.6. The van der Waals surface area contributed by atoms with E-state index >= 15 is 0 Å². The molecule has 0 aliphatic carbocycles. The highest BCUT2D eigenvalue weighted by Gasteiger charge is 2.09. The van der Waals surface area contributed by atoms with Crippen molar-refractivity contribution in [1.82, 2.24) is 5.32 Å². The first-order chi connectivity index (χ1) is 8.17. The molecule has 0 saturated carbocycles. The van der Waals surface area contributed by atoms with E-state index in [1.807, 2.05) is 0 Å². The van der Waals surface area contributed by atoms with Gasteiger partial charge >= 0.3 is 0 Å². The maximum Gasteiger partial charge on any atom is 0.0317 e. The Bertz CT molecular complexity index is 307. The lowest BCUT2D eigenvalue weighted by Gasteiger charge is -2.20. The summed E-state index contributed by atoms with van der Waals surface area (Å²) in [6.07, 6.45) is 3.72. The van der Waals surface area contributed by atoms with Crippen molar-refractivity contribution in [2.24, 2.45) is 5.92 Å². The van der Waals surface area contributed by atoms with Crippen LogP contribution in [0.1, 0.15) is 51.6 Å². The summed E-state index contributed by atoms with van der Waals surface area (Å²) in [6.45, 7) is 7.93. The smallest absolute Gasteiger partial charge is 0.0317 e. The molecular formula is C15H24BrN. The molecule has 1 aromatic carbocycles. The second kappa shape index (κ2) is 7.88. The maximum absolute atomic E-state index is 3.67. The van der Waals surface area contributed by atoms with Gasteiger partial charge in [0.25, 0.3) is 0 Å². The lowest BCUT2D eigenvalue weighted by molar-refractivity contribution is 0.425. The van der Waals surface area contributed by atoms with E-state index in [-0.39, 0.29) is 0 Å². The van der Waals surface area contributed by atoms with Crippen molar-refractivity contribution in [3.63, 3.8) is 0 Å². The van der Waals surface area contributed by atoms with E-state index in [0.29, 0.717) is 6.04 Å². The van der Waals surface area contributed by atoms with Gasteiger partial charge in [-0.3, -0.25) is 0 Å². The topological polar surface area (TPSA) is 12.0 Å². The molecule has 96 valence electrons. The summed E-state index contributed by atoms with van der Waals surface area (Å²) in [7, 11) is 0. The van der Waals surface area contributed by atoms with Crippen LogP contribution in [0.3, 0.4) is 0 Å². The number of benzene rings is 1. The molecule has 0 radical (unpaired) electrons. The largest absolute Gasteiger partial charge is 0.310 e. The average Bonchev–Trinajstić information content (AvgIpc) is 2.32. The lowest BCUT2D eigenvalue weighted by atomic mass is 10.0. The molecule has 0 aliphatic heterocycles. The molecule has 2 heteroatoms. The lowest BCUT2D eigenvalue weighted by Crippen LogP contribution is -2.26. The summed E-state index contributed by atoms with van der Waals surface area (Å²) in [4.78, 5) is 0. The second-order valence-electron chi connectivity index (χ2n) is 4.81. The number of nitrogens with one attached hydrogen (secondary N) is 1. The molecule has 0 saturated heterocycles. The molecule has 17 heavy (non-hydrogen) atoms. The molecule has 0 fully saturated rings. The Balaban J connectivity index is 2.51. The zero-order valence-electron chi connectivity index (χ0n) is 11.2. The highest BCUT2D eigenvalue weighted by Crippen LogP contribution is 2.20. The Morgan fingerprint density at radius 2 is 1.82 bits per heavy atom. The number of halogens is 1. The predicted octanol–water partition coefficient (Wildman–Crippen LogP) is 4.93. The van der Waals surface area contributed by atoms with Crippen molar-refractivity contribution in [3.8, 4) is 0 Å². The molecule has 0 heterocycles. The van der Waals surface area contributed by atoms with Crippen molar-refractivity contribution >= 4 is 15.9 Å². The highest BCUT2D eigenvalue weighted by atomic mass is 79.9. The number of hydrogen-bond acceptors (Lipinski definition) is 1. The van der Waals surface area contributed by atoms with Gasteiger partial charge in [-0.1, -0.05) is 55.3 Å². The van der Waals surface area contributed by atoms with Crippen molar-refractivity contribution in [1.29, 1.82) is 0 Å². The first-order valence-corrected chi connectivity index (χ1v) is 7.45. The Labute approximate surface area is 114 Å². The SMILES string of the molecule is CCCC(C)CNC(CC)c1ccc(Br)cc1. The minimum absolute atomic E-state index is 0.488. The molecule has 1 N–H and O–H groups in total. The third-order valence-corrected chi connectivity index (χ3v) is 3.70. The van der Waals surface area contributed by atoms with Crippen molar-refractivity contribution in [3.05, 3.63) is 34.3 Å². The number of hydrogen-bond donors (Lipinski definition) is 1. The van der Waals surface area contributed by atoms with Gasteiger partial charge in [0.15, 0.2) is 0 Å². The highest BCUT2D eigenvalue weighted by molar-refractivity contribution is 9.10. The summed E-state index contributed by atoms with van der Waals surface area (Å²) >= 11 is 3.48. The van der Waals surface area contributed by atoms with Crippen LogP contribution in [-0.4, -0.2) is 6.54 Å². The zero-order valence-corrected chi connectivity index (χ0v) is 12.8. The summed E-state index contributed by atoms with van der Waals surface area (Å²) in [5, 5.41) is 3.67. The Hall–Kier alpha value is -0.340. The van der Waals surface area contributed by atoms with Gasteiger partial charge < -0.3 is 5.32 Å². The molecule has 1 rings (SSSR count). The van der Waals surface area contributed by atoms with E-state index in [1.54, 1.807) is 0 Å². The summed E-state index contributed by atoms with van der Waals surface area (Å²) < 4.78 is 1.15. The van der Waals surface area contributed by atoms with Crippen LogP contribution in [0.4, 0.5) is 0 Å². The van der Waals surface area contributed by atoms with E-state index in [2.05, 4.69) is 66.3 Å². The first-order valence-electron chi connectivity index (χ1n) is 6.66. The molecule has 2 atom stereocenters. The van der Waals surface area contributed by atoms with Crippen molar-refractivity contribution in [2.75, 3.05) is 6.54 Å². The van der Waals surface area contributed by atoms with Gasteiger partial charge in [-0.2, -0.15) is 0 Å². The fourth-order valence-electron chi connectivity index (χ4n) is 2.13. The molecule has 0 aromatic heterocycles. The molecule has 0 aliphatic rings. The van der Waals surface area contributed by atoms with Crippen LogP contribution in [0.15, 0.2) is 28.7 Å². The van der Waals surface area contributed by atoms with Gasteiger partial charge in [0, 0.05) is 10.5 Å². The van der Waals surface area contributed by atoms with E-state index in [4.69, 9.17) is 0 Å². The van der Waals surface area contributed by atoms with Crippen LogP contribution in [0, 0.1) is 5.92 Å². The van der Waals surface area contributed by atoms with E-state index in [0.717, 1.165) is 23.4 Å². The fourth-order valence-corrected chi connectivity index (χ4v) is 2.40. The van der Waals surface area contributed by atoms with E-state index in [9.17, 15) is 0 Å². The third-order valence-electron chi connectivity index (χ3n) is 3.17. The molecule has 0 bridgehead atoms.